The van der Waals surface area contributed by atoms with Crippen molar-refractivity contribution in [3.63, 3.8) is 0 Å². The molecule has 0 fully saturated rings. The van der Waals surface area contributed by atoms with Gasteiger partial charge in [0.25, 0.3) is 0 Å². The van der Waals surface area contributed by atoms with E-state index < -0.39 is 11.8 Å². The van der Waals surface area contributed by atoms with E-state index in [1.807, 2.05) is 0 Å². The van der Waals surface area contributed by atoms with Crippen LogP contribution >= 0.6 is 11.6 Å². The van der Waals surface area contributed by atoms with Gasteiger partial charge in [-0.2, -0.15) is 0 Å². The molecule has 0 aromatic heterocycles. The fourth-order valence-corrected chi connectivity index (χ4v) is 1.94. The minimum Gasteiger partial charge on any atom is -0.478 e. The molecule has 2 aromatic rings. The smallest absolute Gasteiger partial charge is 0.337 e. The first-order valence-corrected chi connectivity index (χ1v) is 5.96. The van der Waals surface area contributed by atoms with E-state index in [4.69, 9.17) is 16.7 Å². The number of benzene rings is 2. The molecule has 0 bridgehead atoms. The molecular formula is C14H11ClFNO2. The number of hydrogen-bond acceptors (Lipinski definition) is 2. The summed E-state index contributed by atoms with van der Waals surface area (Å²) in [5, 5.41) is 12.2. The van der Waals surface area contributed by atoms with Crippen LogP contribution < -0.4 is 5.32 Å². The third-order valence-electron chi connectivity index (χ3n) is 2.67. The lowest BCUT2D eigenvalue weighted by atomic mass is 10.1. The van der Waals surface area contributed by atoms with E-state index in [0.717, 1.165) is 0 Å². The number of carboxylic acid groups (broad SMARTS) is 1. The molecule has 0 aliphatic heterocycles. The normalized spacial score (nSPS) is 10.2. The zero-order chi connectivity index (χ0) is 13.8. The Morgan fingerprint density at radius 1 is 1.21 bits per heavy atom. The molecule has 5 heteroatoms. The highest BCUT2D eigenvalue weighted by Crippen LogP contribution is 2.22. The van der Waals surface area contributed by atoms with Gasteiger partial charge in [-0.25, -0.2) is 9.18 Å². The molecule has 0 unspecified atom stereocenters. The molecule has 2 rings (SSSR count). The van der Waals surface area contributed by atoms with Crippen LogP contribution in [0.5, 0.6) is 0 Å². The van der Waals surface area contributed by atoms with E-state index in [2.05, 4.69) is 5.32 Å². The predicted octanol–water partition coefficient (Wildman–Crippen LogP) is 3.79. The van der Waals surface area contributed by atoms with Gasteiger partial charge in [0.05, 0.1) is 5.56 Å². The van der Waals surface area contributed by atoms with Gasteiger partial charge in [0.15, 0.2) is 0 Å². The van der Waals surface area contributed by atoms with Crippen LogP contribution in [0, 0.1) is 5.82 Å². The average Bonchev–Trinajstić information content (AvgIpc) is 2.38. The summed E-state index contributed by atoms with van der Waals surface area (Å²) in [4.78, 5) is 11.0. The standard InChI is InChI=1S/C14H11ClFNO2/c15-11-5-3-6-12(16)10(11)8-17-13-7-2-1-4-9(13)14(18)19/h1-7,17H,8H2,(H,18,19). The number of para-hydroxylation sites is 1. The number of anilines is 1. The molecule has 19 heavy (non-hydrogen) atoms. The Bertz CT molecular complexity index is 596. The van der Waals surface area contributed by atoms with Gasteiger partial charge in [0, 0.05) is 22.8 Å². The summed E-state index contributed by atoms with van der Waals surface area (Å²) in [5.41, 5.74) is 0.869. The van der Waals surface area contributed by atoms with E-state index in [9.17, 15) is 9.18 Å². The van der Waals surface area contributed by atoms with Crippen LogP contribution in [0.2, 0.25) is 5.02 Å². The maximum atomic E-state index is 13.6. The SMILES string of the molecule is O=C(O)c1ccccc1NCc1c(F)cccc1Cl. The molecule has 0 heterocycles. The molecule has 0 saturated heterocycles. The topological polar surface area (TPSA) is 49.3 Å². The monoisotopic (exact) mass is 279 g/mol. The van der Waals surface area contributed by atoms with Gasteiger partial charge in [0.2, 0.25) is 0 Å². The van der Waals surface area contributed by atoms with Crippen molar-refractivity contribution in [2.75, 3.05) is 5.32 Å². The fraction of sp³-hybridized carbons (Fsp3) is 0.0714. The van der Waals surface area contributed by atoms with E-state index >= 15 is 0 Å². The lowest BCUT2D eigenvalue weighted by molar-refractivity contribution is 0.0698. The first-order valence-electron chi connectivity index (χ1n) is 5.58. The van der Waals surface area contributed by atoms with Gasteiger partial charge in [0.1, 0.15) is 5.82 Å². The molecule has 0 atom stereocenters. The molecule has 3 nitrogen and oxygen atoms in total. The summed E-state index contributed by atoms with van der Waals surface area (Å²) < 4.78 is 13.6. The molecule has 0 amide bonds. The van der Waals surface area contributed by atoms with Crippen molar-refractivity contribution in [3.05, 3.63) is 64.4 Å². The van der Waals surface area contributed by atoms with E-state index in [1.54, 1.807) is 24.3 Å². The molecular weight excluding hydrogens is 269 g/mol. The van der Waals surface area contributed by atoms with Crippen LogP contribution in [-0.2, 0) is 6.54 Å². The number of nitrogens with one attached hydrogen (secondary N) is 1. The minimum atomic E-state index is -1.04. The lowest BCUT2D eigenvalue weighted by Crippen LogP contribution is -2.07. The summed E-state index contributed by atoms with van der Waals surface area (Å²) in [5.74, 6) is -1.46. The average molecular weight is 280 g/mol. The van der Waals surface area contributed by atoms with Gasteiger partial charge in [-0.05, 0) is 24.3 Å². The number of halogens is 2. The molecule has 0 aliphatic rings. The third-order valence-corrected chi connectivity index (χ3v) is 3.03. The second-order valence-electron chi connectivity index (χ2n) is 3.90. The van der Waals surface area contributed by atoms with Gasteiger partial charge < -0.3 is 10.4 Å². The van der Waals surface area contributed by atoms with Crippen LogP contribution in [0.4, 0.5) is 10.1 Å². The summed E-state index contributed by atoms with van der Waals surface area (Å²) in [6, 6.07) is 10.9. The highest BCUT2D eigenvalue weighted by atomic mass is 35.5. The minimum absolute atomic E-state index is 0.121. The van der Waals surface area contributed by atoms with Crippen molar-refractivity contribution < 1.29 is 14.3 Å². The van der Waals surface area contributed by atoms with Crippen LogP contribution in [0.25, 0.3) is 0 Å². The Morgan fingerprint density at radius 2 is 1.95 bits per heavy atom. The summed E-state index contributed by atoms with van der Waals surface area (Å²) in [7, 11) is 0. The lowest BCUT2D eigenvalue weighted by Gasteiger charge is -2.11. The number of carboxylic acids is 1. The zero-order valence-electron chi connectivity index (χ0n) is 9.86. The Labute approximate surface area is 114 Å². The number of aromatic carboxylic acids is 1. The Hall–Kier alpha value is -2.07. The summed E-state index contributed by atoms with van der Waals surface area (Å²) in [6.07, 6.45) is 0. The van der Waals surface area contributed by atoms with Crippen LogP contribution in [-0.4, -0.2) is 11.1 Å². The van der Waals surface area contributed by atoms with Gasteiger partial charge in [-0.3, -0.25) is 0 Å². The van der Waals surface area contributed by atoms with Gasteiger partial charge >= 0.3 is 5.97 Å². The first kappa shape index (κ1) is 13.4. The Balaban J connectivity index is 2.22. The van der Waals surface area contributed by atoms with Crippen molar-refractivity contribution in [3.8, 4) is 0 Å². The molecule has 0 spiro atoms. The maximum absolute atomic E-state index is 13.6. The Kier molecular flexibility index (Phi) is 4.02. The highest BCUT2D eigenvalue weighted by Gasteiger charge is 2.11. The third kappa shape index (κ3) is 3.03. The second-order valence-corrected chi connectivity index (χ2v) is 4.31. The quantitative estimate of drug-likeness (QED) is 0.895. The molecule has 0 radical (unpaired) electrons. The molecule has 2 aromatic carbocycles. The van der Waals surface area contributed by atoms with E-state index in [1.165, 1.54) is 18.2 Å². The highest BCUT2D eigenvalue weighted by molar-refractivity contribution is 6.31. The zero-order valence-corrected chi connectivity index (χ0v) is 10.6. The molecule has 0 saturated carbocycles. The maximum Gasteiger partial charge on any atom is 0.337 e. The second kappa shape index (κ2) is 5.71. The first-order chi connectivity index (χ1) is 9.09. The predicted molar refractivity (Wildman–Crippen MR) is 72.1 cm³/mol. The largest absolute Gasteiger partial charge is 0.478 e. The summed E-state index contributed by atoms with van der Waals surface area (Å²) >= 11 is 5.90. The number of carbonyl (C=O) groups is 1. The molecule has 0 aliphatic carbocycles. The number of hydrogen-bond donors (Lipinski definition) is 2. The van der Waals surface area contributed by atoms with Crippen molar-refractivity contribution in [2.24, 2.45) is 0 Å². The van der Waals surface area contributed by atoms with E-state index in [0.29, 0.717) is 16.3 Å². The van der Waals surface area contributed by atoms with Crippen molar-refractivity contribution in [2.45, 2.75) is 6.54 Å². The molecule has 2 N–H and O–H groups in total. The van der Waals surface area contributed by atoms with E-state index in [-0.39, 0.29) is 12.1 Å². The summed E-state index contributed by atoms with van der Waals surface area (Å²) in [6.45, 7) is 0.121. The fourth-order valence-electron chi connectivity index (χ4n) is 1.71. The Morgan fingerprint density at radius 3 is 2.63 bits per heavy atom. The molecule has 98 valence electrons. The van der Waals surface area contributed by atoms with Crippen molar-refractivity contribution >= 4 is 23.3 Å². The van der Waals surface area contributed by atoms with Crippen LogP contribution in [0.3, 0.4) is 0 Å². The van der Waals surface area contributed by atoms with Crippen molar-refractivity contribution in [1.29, 1.82) is 0 Å². The number of rotatable bonds is 4. The van der Waals surface area contributed by atoms with Crippen LogP contribution in [0.15, 0.2) is 42.5 Å². The van der Waals surface area contributed by atoms with Crippen LogP contribution in [0.1, 0.15) is 15.9 Å². The van der Waals surface area contributed by atoms with Gasteiger partial charge in [-0.1, -0.05) is 29.8 Å². The van der Waals surface area contributed by atoms with Gasteiger partial charge in [-0.15, -0.1) is 0 Å². The van der Waals surface area contributed by atoms with Crippen molar-refractivity contribution in [1.82, 2.24) is 0 Å².